The summed E-state index contributed by atoms with van der Waals surface area (Å²) >= 11 is 0. The van der Waals surface area contributed by atoms with Gasteiger partial charge in [-0.1, -0.05) is 6.92 Å². The third-order valence-corrected chi connectivity index (χ3v) is 5.18. The first-order chi connectivity index (χ1) is 14.9. The van der Waals surface area contributed by atoms with Gasteiger partial charge in [0.05, 0.1) is 31.8 Å². The maximum Gasteiger partial charge on any atom is 0.263 e. The van der Waals surface area contributed by atoms with Crippen molar-refractivity contribution in [2.24, 2.45) is 0 Å². The molecule has 0 saturated heterocycles. The largest absolute Gasteiger partial charge is 0.494 e. The number of rotatable bonds is 8. The van der Waals surface area contributed by atoms with Gasteiger partial charge in [0.2, 0.25) is 0 Å². The number of hydrogen-bond donors (Lipinski definition) is 1. The lowest BCUT2D eigenvalue weighted by atomic mass is 10.0. The molecule has 1 aromatic heterocycles. The summed E-state index contributed by atoms with van der Waals surface area (Å²) in [5.41, 5.74) is 0.743. The number of fused-ring (bicyclic) bond motifs is 1. The highest BCUT2D eigenvalue weighted by Gasteiger charge is 2.20. The Bertz CT molecular complexity index is 1140. The molecule has 3 rings (SSSR count). The fraction of sp³-hybridized carbons (Fsp3) is 0.333. The Labute approximate surface area is 181 Å². The first-order valence-corrected chi connectivity index (χ1v) is 10.3. The Morgan fingerprint density at radius 1 is 1.03 bits per heavy atom. The molecule has 164 valence electrons. The number of benzene rings is 2. The lowest BCUT2D eigenvalue weighted by molar-refractivity contribution is 0.0940. The van der Waals surface area contributed by atoms with Gasteiger partial charge in [-0.05, 0) is 56.7 Å². The summed E-state index contributed by atoms with van der Waals surface area (Å²) in [6.07, 6.45) is 2.36. The third kappa shape index (κ3) is 4.50. The van der Waals surface area contributed by atoms with E-state index in [9.17, 15) is 9.59 Å². The quantitative estimate of drug-likeness (QED) is 0.593. The van der Waals surface area contributed by atoms with Gasteiger partial charge in [-0.2, -0.15) is 0 Å². The lowest BCUT2D eigenvalue weighted by Gasteiger charge is -2.17. The molecule has 1 heterocycles. The monoisotopic (exact) mass is 424 g/mol. The summed E-state index contributed by atoms with van der Waals surface area (Å²) in [4.78, 5) is 26.5. The Balaban J connectivity index is 2.26. The molecule has 7 heteroatoms. The van der Waals surface area contributed by atoms with Gasteiger partial charge in [-0.25, -0.2) is 0 Å². The number of methoxy groups -OCH3 is 2. The van der Waals surface area contributed by atoms with Crippen molar-refractivity contribution in [3.8, 4) is 22.9 Å². The van der Waals surface area contributed by atoms with E-state index < -0.39 is 0 Å². The minimum absolute atomic E-state index is 0.00597. The van der Waals surface area contributed by atoms with Crippen LogP contribution in [0, 0.1) is 0 Å². The summed E-state index contributed by atoms with van der Waals surface area (Å²) in [5, 5.41) is 3.85. The highest BCUT2D eigenvalue weighted by Crippen LogP contribution is 2.32. The molecular weight excluding hydrogens is 396 g/mol. The molecule has 2 aromatic carbocycles. The zero-order valence-corrected chi connectivity index (χ0v) is 18.5. The second-order valence-corrected chi connectivity index (χ2v) is 7.18. The van der Waals surface area contributed by atoms with Crippen LogP contribution < -0.4 is 25.1 Å². The second kappa shape index (κ2) is 9.55. The van der Waals surface area contributed by atoms with Crippen LogP contribution in [0.4, 0.5) is 0 Å². The molecule has 0 fully saturated rings. The molecule has 0 bridgehead atoms. The van der Waals surface area contributed by atoms with E-state index in [4.69, 9.17) is 14.2 Å². The molecule has 0 aliphatic carbocycles. The van der Waals surface area contributed by atoms with Gasteiger partial charge in [0.1, 0.15) is 5.75 Å². The Hall–Kier alpha value is -3.48. The molecular formula is C24H28N2O5. The topological polar surface area (TPSA) is 78.8 Å². The van der Waals surface area contributed by atoms with Gasteiger partial charge in [0.25, 0.3) is 11.5 Å². The number of pyridine rings is 1. The molecule has 0 aliphatic heterocycles. The number of nitrogens with zero attached hydrogens (tertiary/aromatic N) is 1. The van der Waals surface area contributed by atoms with Crippen LogP contribution in [-0.4, -0.2) is 37.3 Å². The van der Waals surface area contributed by atoms with Crippen LogP contribution in [0.2, 0.25) is 0 Å². The minimum Gasteiger partial charge on any atom is -0.494 e. The van der Waals surface area contributed by atoms with Crippen molar-refractivity contribution in [3.63, 3.8) is 0 Å². The van der Waals surface area contributed by atoms with Crippen LogP contribution in [-0.2, 0) is 0 Å². The smallest absolute Gasteiger partial charge is 0.263 e. The van der Waals surface area contributed by atoms with Crippen LogP contribution in [0.1, 0.15) is 37.6 Å². The molecule has 1 unspecified atom stereocenters. The summed E-state index contributed by atoms with van der Waals surface area (Å²) in [5.74, 6) is 1.32. The van der Waals surface area contributed by atoms with Crippen molar-refractivity contribution >= 4 is 16.7 Å². The van der Waals surface area contributed by atoms with E-state index >= 15 is 0 Å². The SMILES string of the molecule is CCOc1ccc(-n2cc(C(=O)NC(C)CC)c3cc(OC)c(OC)cc3c2=O)cc1. The predicted molar refractivity (Wildman–Crippen MR) is 121 cm³/mol. The minimum atomic E-state index is -0.264. The summed E-state index contributed by atoms with van der Waals surface area (Å²) in [6, 6.07) is 10.4. The summed E-state index contributed by atoms with van der Waals surface area (Å²) in [7, 11) is 3.03. The van der Waals surface area contributed by atoms with E-state index in [1.807, 2.05) is 20.8 Å². The van der Waals surface area contributed by atoms with E-state index in [-0.39, 0.29) is 17.5 Å². The van der Waals surface area contributed by atoms with E-state index in [0.29, 0.717) is 45.9 Å². The van der Waals surface area contributed by atoms with Crippen molar-refractivity contribution < 1.29 is 19.0 Å². The molecule has 31 heavy (non-hydrogen) atoms. The molecule has 1 N–H and O–H groups in total. The van der Waals surface area contributed by atoms with Crippen molar-refractivity contribution in [3.05, 3.63) is 58.5 Å². The Morgan fingerprint density at radius 2 is 1.65 bits per heavy atom. The number of amides is 1. The van der Waals surface area contributed by atoms with Crippen molar-refractivity contribution in [1.29, 1.82) is 0 Å². The predicted octanol–water partition coefficient (Wildman–Crippen LogP) is 3.93. The van der Waals surface area contributed by atoms with Crippen LogP contribution in [0.5, 0.6) is 17.2 Å². The molecule has 0 aliphatic rings. The van der Waals surface area contributed by atoms with E-state index in [1.54, 1.807) is 42.6 Å². The van der Waals surface area contributed by atoms with Crippen molar-refractivity contribution in [2.45, 2.75) is 33.2 Å². The van der Waals surface area contributed by atoms with Crippen molar-refractivity contribution in [1.82, 2.24) is 9.88 Å². The van der Waals surface area contributed by atoms with Crippen LogP contribution in [0.3, 0.4) is 0 Å². The van der Waals surface area contributed by atoms with Gasteiger partial charge in [-0.3, -0.25) is 14.2 Å². The van der Waals surface area contributed by atoms with Gasteiger partial charge in [-0.15, -0.1) is 0 Å². The molecule has 0 radical (unpaired) electrons. The number of aromatic nitrogens is 1. The zero-order chi connectivity index (χ0) is 22.5. The van der Waals surface area contributed by atoms with E-state index in [0.717, 1.165) is 6.42 Å². The Kier molecular flexibility index (Phi) is 6.84. The van der Waals surface area contributed by atoms with Gasteiger partial charge >= 0.3 is 0 Å². The maximum atomic E-state index is 13.4. The average Bonchev–Trinajstić information content (AvgIpc) is 2.79. The molecule has 0 saturated carbocycles. The lowest BCUT2D eigenvalue weighted by Crippen LogP contribution is -2.33. The number of carbonyl (C=O) groups excluding carboxylic acids is 1. The fourth-order valence-electron chi connectivity index (χ4n) is 3.31. The first-order valence-electron chi connectivity index (χ1n) is 10.3. The van der Waals surface area contributed by atoms with Gasteiger partial charge in [0.15, 0.2) is 11.5 Å². The average molecular weight is 424 g/mol. The standard InChI is InChI=1S/C24H28N2O5/c1-6-15(3)25-23(27)20-14-26(16-8-10-17(11-9-16)31-7-2)24(28)19-13-22(30-5)21(29-4)12-18(19)20/h8-15H,6-7H2,1-5H3,(H,25,27). The van der Waals surface area contributed by atoms with Crippen LogP contribution in [0.15, 0.2) is 47.4 Å². The molecule has 1 atom stereocenters. The Morgan fingerprint density at radius 3 is 2.19 bits per heavy atom. The van der Waals surface area contributed by atoms with E-state index in [2.05, 4.69) is 5.32 Å². The zero-order valence-electron chi connectivity index (χ0n) is 18.5. The molecule has 0 spiro atoms. The normalized spacial score (nSPS) is 11.8. The van der Waals surface area contributed by atoms with Gasteiger partial charge < -0.3 is 19.5 Å². The van der Waals surface area contributed by atoms with Crippen LogP contribution >= 0.6 is 0 Å². The number of hydrogen-bond acceptors (Lipinski definition) is 5. The number of carbonyl (C=O) groups is 1. The summed E-state index contributed by atoms with van der Waals surface area (Å²) < 4.78 is 17.7. The highest BCUT2D eigenvalue weighted by atomic mass is 16.5. The molecule has 3 aromatic rings. The van der Waals surface area contributed by atoms with Crippen molar-refractivity contribution in [2.75, 3.05) is 20.8 Å². The second-order valence-electron chi connectivity index (χ2n) is 7.18. The fourth-order valence-corrected chi connectivity index (χ4v) is 3.31. The first kappa shape index (κ1) is 22.2. The summed E-state index contributed by atoms with van der Waals surface area (Å²) in [6.45, 7) is 6.40. The third-order valence-electron chi connectivity index (χ3n) is 5.18. The maximum absolute atomic E-state index is 13.4. The molecule has 7 nitrogen and oxygen atoms in total. The number of ether oxygens (including phenoxy) is 3. The van der Waals surface area contributed by atoms with Crippen LogP contribution in [0.25, 0.3) is 16.5 Å². The molecule has 1 amide bonds. The van der Waals surface area contributed by atoms with Gasteiger partial charge in [0, 0.05) is 23.3 Å². The highest BCUT2D eigenvalue weighted by molar-refractivity contribution is 6.07. The number of nitrogens with one attached hydrogen (secondary N) is 1. The van der Waals surface area contributed by atoms with E-state index in [1.165, 1.54) is 18.8 Å².